The molecule has 1 aliphatic carbocycles. The third-order valence-corrected chi connectivity index (χ3v) is 3.26. The Morgan fingerprint density at radius 1 is 1.44 bits per heavy atom. The van der Waals surface area contributed by atoms with Crippen molar-refractivity contribution in [1.29, 1.82) is 5.26 Å². The SMILES string of the molecule is CCOC(C)O/C(C#N)=C/CC1(O)CCCCC1. The van der Waals surface area contributed by atoms with Crippen molar-refractivity contribution in [2.45, 2.75) is 64.3 Å². The van der Waals surface area contributed by atoms with Crippen LogP contribution >= 0.6 is 0 Å². The van der Waals surface area contributed by atoms with Crippen molar-refractivity contribution in [3.05, 3.63) is 11.8 Å². The van der Waals surface area contributed by atoms with Crippen LogP contribution < -0.4 is 0 Å². The van der Waals surface area contributed by atoms with Crippen LogP contribution in [0.5, 0.6) is 0 Å². The Bertz CT molecular complexity index is 313. The van der Waals surface area contributed by atoms with Crippen LogP contribution in [0, 0.1) is 11.3 Å². The van der Waals surface area contributed by atoms with Crippen molar-refractivity contribution in [1.82, 2.24) is 0 Å². The van der Waals surface area contributed by atoms with Gasteiger partial charge >= 0.3 is 0 Å². The second-order valence-corrected chi connectivity index (χ2v) is 4.81. The fourth-order valence-electron chi connectivity index (χ4n) is 2.26. The molecule has 4 heteroatoms. The fourth-order valence-corrected chi connectivity index (χ4v) is 2.26. The smallest absolute Gasteiger partial charge is 0.197 e. The Kier molecular flexibility index (Phi) is 6.17. The summed E-state index contributed by atoms with van der Waals surface area (Å²) in [5.74, 6) is 0.231. The molecular weight excluding hydrogens is 230 g/mol. The van der Waals surface area contributed by atoms with Crippen LogP contribution in [-0.2, 0) is 9.47 Å². The van der Waals surface area contributed by atoms with Crippen molar-refractivity contribution in [3.8, 4) is 6.07 Å². The van der Waals surface area contributed by atoms with Crippen LogP contribution in [0.15, 0.2) is 11.8 Å². The summed E-state index contributed by atoms with van der Waals surface area (Å²) in [4.78, 5) is 0. The highest BCUT2D eigenvalue weighted by molar-refractivity contribution is 5.14. The summed E-state index contributed by atoms with van der Waals surface area (Å²) in [5.41, 5.74) is -0.654. The van der Waals surface area contributed by atoms with Gasteiger partial charge in [-0.3, -0.25) is 0 Å². The van der Waals surface area contributed by atoms with Gasteiger partial charge in [-0.2, -0.15) is 5.26 Å². The van der Waals surface area contributed by atoms with Gasteiger partial charge in [0, 0.05) is 6.61 Å². The Hall–Kier alpha value is -1.05. The Morgan fingerprint density at radius 2 is 2.11 bits per heavy atom. The van der Waals surface area contributed by atoms with Crippen LogP contribution in [0.1, 0.15) is 52.4 Å². The lowest BCUT2D eigenvalue weighted by Crippen LogP contribution is -2.30. The summed E-state index contributed by atoms with van der Waals surface area (Å²) < 4.78 is 10.6. The van der Waals surface area contributed by atoms with E-state index in [2.05, 4.69) is 0 Å². The molecule has 0 saturated heterocycles. The normalized spacial score (nSPS) is 21.1. The number of aliphatic hydroxyl groups is 1. The third kappa shape index (κ3) is 5.07. The van der Waals surface area contributed by atoms with Crippen molar-refractivity contribution in [2.24, 2.45) is 0 Å². The maximum atomic E-state index is 10.3. The topological polar surface area (TPSA) is 62.5 Å². The van der Waals surface area contributed by atoms with Crippen LogP contribution in [0.4, 0.5) is 0 Å². The summed E-state index contributed by atoms with van der Waals surface area (Å²) in [6.45, 7) is 4.17. The monoisotopic (exact) mass is 253 g/mol. The molecule has 18 heavy (non-hydrogen) atoms. The number of hydrogen-bond acceptors (Lipinski definition) is 4. The lowest BCUT2D eigenvalue weighted by atomic mass is 9.82. The van der Waals surface area contributed by atoms with Crippen molar-refractivity contribution < 1.29 is 14.6 Å². The Morgan fingerprint density at radius 3 is 2.67 bits per heavy atom. The minimum Gasteiger partial charge on any atom is -0.455 e. The molecular formula is C14H23NO3. The summed E-state index contributed by atoms with van der Waals surface area (Å²) in [6, 6.07) is 2.00. The molecule has 0 aromatic carbocycles. The average Bonchev–Trinajstić information content (AvgIpc) is 2.35. The first-order chi connectivity index (χ1) is 8.59. The van der Waals surface area contributed by atoms with Crippen LogP contribution in [0.2, 0.25) is 0 Å². The number of rotatable bonds is 6. The lowest BCUT2D eigenvalue weighted by Gasteiger charge is -2.31. The highest BCUT2D eigenvalue weighted by atomic mass is 16.7. The molecule has 1 fully saturated rings. The lowest BCUT2D eigenvalue weighted by molar-refractivity contribution is -0.0956. The van der Waals surface area contributed by atoms with Crippen molar-refractivity contribution >= 4 is 0 Å². The van der Waals surface area contributed by atoms with Gasteiger partial charge in [0.2, 0.25) is 0 Å². The van der Waals surface area contributed by atoms with Gasteiger partial charge in [0.25, 0.3) is 0 Å². The molecule has 4 nitrogen and oxygen atoms in total. The van der Waals surface area contributed by atoms with Crippen molar-refractivity contribution in [2.75, 3.05) is 6.61 Å². The first-order valence-electron chi connectivity index (χ1n) is 6.70. The zero-order valence-corrected chi connectivity index (χ0v) is 11.3. The summed E-state index contributed by atoms with van der Waals surface area (Å²) >= 11 is 0. The standard InChI is InChI=1S/C14H23NO3/c1-3-17-12(2)18-13(11-15)7-10-14(16)8-5-4-6-9-14/h7,12,16H,3-6,8-10H2,1-2H3/b13-7+. The number of nitrogens with zero attached hydrogens (tertiary/aromatic N) is 1. The van der Waals surface area contributed by atoms with E-state index in [0.717, 1.165) is 25.7 Å². The number of ether oxygens (including phenoxy) is 2. The molecule has 102 valence electrons. The molecule has 0 aromatic rings. The molecule has 0 heterocycles. The molecule has 1 unspecified atom stereocenters. The van der Waals surface area contributed by atoms with E-state index in [1.54, 1.807) is 13.0 Å². The second-order valence-electron chi connectivity index (χ2n) is 4.81. The van der Waals surface area contributed by atoms with E-state index in [-0.39, 0.29) is 5.76 Å². The van der Waals surface area contributed by atoms with E-state index in [1.807, 2.05) is 13.0 Å². The van der Waals surface area contributed by atoms with E-state index < -0.39 is 11.9 Å². The maximum Gasteiger partial charge on any atom is 0.197 e. The molecule has 0 spiro atoms. The number of hydrogen-bond donors (Lipinski definition) is 1. The molecule has 1 atom stereocenters. The molecule has 1 saturated carbocycles. The van der Waals surface area contributed by atoms with Crippen molar-refractivity contribution in [3.63, 3.8) is 0 Å². The van der Waals surface area contributed by atoms with E-state index >= 15 is 0 Å². The predicted molar refractivity (Wildman–Crippen MR) is 68.5 cm³/mol. The molecule has 1 N–H and O–H groups in total. The van der Waals surface area contributed by atoms with Gasteiger partial charge in [0.15, 0.2) is 12.0 Å². The quantitative estimate of drug-likeness (QED) is 0.449. The van der Waals surface area contributed by atoms with E-state index in [4.69, 9.17) is 14.7 Å². The maximum absolute atomic E-state index is 10.3. The molecule has 0 aliphatic heterocycles. The van der Waals surface area contributed by atoms with Gasteiger partial charge in [-0.15, -0.1) is 0 Å². The molecule has 0 bridgehead atoms. The predicted octanol–water partition coefficient (Wildman–Crippen LogP) is 2.88. The van der Waals surface area contributed by atoms with E-state index in [0.29, 0.717) is 13.0 Å². The van der Waals surface area contributed by atoms with Gasteiger partial charge in [-0.05, 0) is 39.2 Å². The molecule has 0 radical (unpaired) electrons. The first kappa shape index (κ1) is 15.0. The van der Waals surface area contributed by atoms with E-state index in [9.17, 15) is 5.11 Å². The molecule has 1 rings (SSSR count). The van der Waals surface area contributed by atoms with Gasteiger partial charge < -0.3 is 14.6 Å². The highest BCUT2D eigenvalue weighted by Gasteiger charge is 2.28. The highest BCUT2D eigenvalue weighted by Crippen LogP contribution is 2.31. The number of nitriles is 1. The molecule has 1 aliphatic rings. The summed E-state index contributed by atoms with van der Waals surface area (Å²) in [6.07, 6.45) is 6.66. The summed E-state index contributed by atoms with van der Waals surface area (Å²) in [5, 5.41) is 19.3. The zero-order chi connectivity index (χ0) is 13.4. The molecule has 0 amide bonds. The Labute approximate surface area is 109 Å². The van der Waals surface area contributed by atoms with Gasteiger partial charge in [0.05, 0.1) is 5.60 Å². The average molecular weight is 253 g/mol. The zero-order valence-electron chi connectivity index (χ0n) is 11.3. The second kappa shape index (κ2) is 7.40. The molecule has 0 aromatic heterocycles. The minimum absolute atomic E-state index is 0.231. The largest absolute Gasteiger partial charge is 0.455 e. The van der Waals surface area contributed by atoms with Crippen LogP contribution in [0.25, 0.3) is 0 Å². The minimum atomic E-state index is -0.654. The van der Waals surface area contributed by atoms with Crippen LogP contribution in [-0.4, -0.2) is 23.6 Å². The van der Waals surface area contributed by atoms with Gasteiger partial charge in [-0.1, -0.05) is 19.3 Å². The van der Waals surface area contributed by atoms with E-state index in [1.165, 1.54) is 6.42 Å². The third-order valence-electron chi connectivity index (χ3n) is 3.26. The first-order valence-corrected chi connectivity index (χ1v) is 6.70. The van der Waals surface area contributed by atoms with Gasteiger partial charge in [-0.25, -0.2) is 0 Å². The van der Waals surface area contributed by atoms with Gasteiger partial charge in [0.1, 0.15) is 6.07 Å². The fraction of sp³-hybridized carbons (Fsp3) is 0.786. The number of allylic oxidation sites excluding steroid dienone is 1. The summed E-state index contributed by atoms with van der Waals surface area (Å²) in [7, 11) is 0. The van der Waals surface area contributed by atoms with Crippen LogP contribution in [0.3, 0.4) is 0 Å². The Balaban J connectivity index is 2.49.